The minimum absolute atomic E-state index is 0.0438. The molecule has 28 heavy (non-hydrogen) atoms. The number of amides is 3. The van der Waals surface area contributed by atoms with Crippen LogP contribution in [0.2, 0.25) is 5.02 Å². The molecule has 146 valence electrons. The first-order valence-electron chi connectivity index (χ1n) is 9.51. The predicted molar refractivity (Wildman–Crippen MR) is 111 cm³/mol. The van der Waals surface area contributed by atoms with E-state index in [1.807, 2.05) is 59.5 Å². The molecule has 0 radical (unpaired) electrons. The molecule has 1 unspecified atom stereocenters. The normalized spacial score (nSPS) is 19.8. The highest BCUT2D eigenvalue weighted by Crippen LogP contribution is 2.22. The SMILES string of the molecule is O=C(NC1CC(=O)N(c2ccccc2)C1)N1CCN(c2cccc(Cl)c2)CC1. The topological polar surface area (TPSA) is 55.9 Å². The number of urea groups is 1. The van der Waals surface area contributed by atoms with Gasteiger partial charge in [0.2, 0.25) is 5.91 Å². The molecule has 7 heteroatoms. The van der Waals surface area contributed by atoms with Gasteiger partial charge in [-0.2, -0.15) is 0 Å². The molecule has 1 atom stereocenters. The molecule has 2 saturated heterocycles. The molecular weight excluding hydrogens is 376 g/mol. The van der Waals surface area contributed by atoms with Crippen LogP contribution in [-0.2, 0) is 4.79 Å². The molecule has 2 fully saturated rings. The first-order valence-corrected chi connectivity index (χ1v) is 9.89. The van der Waals surface area contributed by atoms with Crippen molar-refractivity contribution in [1.29, 1.82) is 0 Å². The van der Waals surface area contributed by atoms with E-state index in [0.717, 1.165) is 24.5 Å². The maximum Gasteiger partial charge on any atom is 0.317 e. The third-order valence-corrected chi connectivity index (χ3v) is 5.50. The van der Waals surface area contributed by atoms with Crippen molar-refractivity contribution >= 4 is 34.9 Å². The van der Waals surface area contributed by atoms with Crippen LogP contribution in [0.25, 0.3) is 0 Å². The summed E-state index contributed by atoms with van der Waals surface area (Å²) in [6, 6.07) is 17.1. The van der Waals surface area contributed by atoms with E-state index < -0.39 is 0 Å². The van der Waals surface area contributed by atoms with Gasteiger partial charge in [0.25, 0.3) is 0 Å². The molecule has 6 nitrogen and oxygen atoms in total. The van der Waals surface area contributed by atoms with E-state index in [2.05, 4.69) is 10.2 Å². The number of carbonyl (C=O) groups is 2. The number of hydrogen-bond acceptors (Lipinski definition) is 3. The van der Waals surface area contributed by atoms with E-state index in [4.69, 9.17) is 11.6 Å². The van der Waals surface area contributed by atoms with Gasteiger partial charge in [-0.25, -0.2) is 4.79 Å². The van der Waals surface area contributed by atoms with Crippen LogP contribution in [0.4, 0.5) is 16.2 Å². The van der Waals surface area contributed by atoms with E-state index in [-0.39, 0.29) is 18.0 Å². The van der Waals surface area contributed by atoms with Gasteiger partial charge in [0.1, 0.15) is 0 Å². The van der Waals surface area contributed by atoms with E-state index in [1.165, 1.54) is 0 Å². The van der Waals surface area contributed by atoms with Gasteiger partial charge in [-0.05, 0) is 30.3 Å². The third kappa shape index (κ3) is 4.07. The highest BCUT2D eigenvalue weighted by molar-refractivity contribution is 6.30. The Morgan fingerprint density at radius 1 is 0.964 bits per heavy atom. The first-order chi connectivity index (χ1) is 13.6. The van der Waals surface area contributed by atoms with Gasteiger partial charge >= 0.3 is 6.03 Å². The molecule has 3 amide bonds. The standard InChI is InChI=1S/C21H23ClN4O2/c22-16-5-4-8-19(13-16)24-9-11-25(12-10-24)21(28)23-17-14-20(27)26(15-17)18-6-2-1-3-7-18/h1-8,13,17H,9-12,14-15H2,(H,23,28). The number of para-hydroxylation sites is 1. The maximum atomic E-state index is 12.6. The summed E-state index contributed by atoms with van der Waals surface area (Å²) < 4.78 is 0. The van der Waals surface area contributed by atoms with Crippen LogP contribution in [0, 0.1) is 0 Å². The van der Waals surface area contributed by atoms with Gasteiger partial charge in [0.05, 0.1) is 6.04 Å². The highest BCUT2D eigenvalue weighted by atomic mass is 35.5. The van der Waals surface area contributed by atoms with Crippen LogP contribution in [0.15, 0.2) is 54.6 Å². The molecule has 0 aliphatic carbocycles. The Bertz CT molecular complexity index is 852. The number of carbonyl (C=O) groups excluding carboxylic acids is 2. The fourth-order valence-electron chi connectivity index (χ4n) is 3.77. The lowest BCUT2D eigenvalue weighted by Gasteiger charge is -2.36. The Balaban J connectivity index is 1.30. The van der Waals surface area contributed by atoms with Crippen molar-refractivity contribution < 1.29 is 9.59 Å². The smallest absolute Gasteiger partial charge is 0.317 e. The second kappa shape index (κ2) is 8.10. The number of hydrogen-bond donors (Lipinski definition) is 1. The fourth-order valence-corrected chi connectivity index (χ4v) is 3.95. The molecule has 0 saturated carbocycles. The van der Waals surface area contributed by atoms with Crippen molar-refractivity contribution in [3.8, 4) is 0 Å². The Morgan fingerprint density at radius 3 is 2.39 bits per heavy atom. The van der Waals surface area contributed by atoms with E-state index in [0.29, 0.717) is 31.1 Å². The summed E-state index contributed by atoms with van der Waals surface area (Å²) in [6.45, 7) is 3.31. The average molecular weight is 399 g/mol. The number of nitrogens with one attached hydrogen (secondary N) is 1. The summed E-state index contributed by atoms with van der Waals surface area (Å²) in [5.41, 5.74) is 1.95. The molecule has 0 bridgehead atoms. The Labute approximate surface area is 169 Å². The molecule has 4 rings (SSSR count). The van der Waals surface area contributed by atoms with E-state index in [9.17, 15) is 9.59 Å². The molecule has 2 aliphatic rings. The van der Waals surface area contributed by atoms with Crippen molar-refractivity contribution in [2.45, 2.75) is 12.5 Å². The number of benzene rings is 2. The second-order valence-electron chi connectivity index (χ2n) is 7.14. The predicted octanol–water partition coefficient (Wildman–Crippen LogP) is 2.98. The van der Waals surface area contributed by atoms with Crippen LogP contribution >= 0.6 is 11.6 Å². The summed E-state index contributed by atoms with van der Waals surface area (Å²) >= 11 is 6.07. The van der Waals surface area contributed by atoms with Gasteiger partial charge in [0, 0.05) is 55.5 Å². The minimum Gasteiger partial charge on any atom is -0.368 e. The van der Waals surface area contributed by atoms with Gasteiger partial charge in [0.15, 0.2) is 0 Å². The zero-order chi connectivity index (χ0) is 19.5. The molecule has 0 spiro atoms. The van der Waals surface area contributed by atoms with Crippen molar-refractivity contribution in [2.75, 3.05) is 42.5 Å². The molecule has 2 aromatic rings. The first kappa shape index (κ1) is 18.6. The van der Waals surface area contributed by atoms with Crippen molar-refractivity contribution in [3.63, 3.8) is 0 Å². The summed E-state index contributed by atoms with van der Waals surface area (Å²) in [5.74, 6) is 0.0438. The summed E-state index contributed by atoms with van der Waals surface area (Å²) in [5, 5.41) is 3.74. The highest BCUT2D eigenvalue weighted by Gasteiger charge is 2.33. The Kier molecular flexibility index (Phi) is 5.39. The second-order valence-corrected chi connectivity index (χ2v) is 7.58. The lowest BCUT2D eigenvalue weighted by Crippen LogP contribution is -2.53. The monoisotopic (exact) mass is 398 g/mol. The summed E-state index contributed by atoms with van der Waals surface area (Å²) in [6.07, 6.45) is 0.336. The third-order valence-electron chi connectivity index (χ3n) is 5.26. The maximum absolute atomic E-state index is 12.6. The van der Waals surface area contributed by atoms with Gasteiger partial charge in [-0.15, -0.1) is 0 Å². The molecular formula is C21H23ClN4O2. The van der Waals surface area contributed by atoms with Crippen LogP contribution in [0.5, 0.6) is 0 Å². The lowest BCUT2D eigenvalue weighted by molar-refractivity contribution is -0.117. The molecule has 2 heterocycles. The Morgan fingerprint density at radius 2 is 1.68 bits per heavy atom. The number of piperazine rings is 1. The summed E-state index contributed by atoms with van der Waals surface area (Å²) in [7, 11) is 0. The quantitative estimate of drug-likeness (QED) is 0.864. The van der Waals surface area contributed by atoms with Crippen LogP contribution in [0.1, 0.15) is 6.42 Å². The van der Waals surface area contributed by atoms with Crippen LogP contribution in [-0.4, -0.2) is 55.6 Å². The lowest BCUT2D eigenvalue weighted by atomic mass is 10.2. The fraction of sp³-hybridized carbons (Fsp3) is 0.333. The van der Waals surface area contributed by atoms with E-state index >= 15 is 0 Å². The van der Waals surface area contributed by atoms with Gasteiger partial charge < -0.3 is 20.0 Å². The number of anilines is 2. The van der Waals surface area contributed by atoms with Crippen molar-refractivity contribution in [3.05, 3.63) is 59.6 Å². The van der Waals surface area contributed by atoms with Crippen molar-refractivity contribution in [2.24, 2.45) is 0 Å². The zero-order valence-corrected chi connectivity index (χ0v) is 16.3. The Hall–Kier alpha value is -2.73. The molecule has 0 aromatic heterocycles. The number of rotatable bonds is 3. The van der Waals surface area contributed by atoms with Crippen LogP contribution in [0.3, 0.4) is 0 Å². The van der Waals surface area contributed by atoms with Gasteiger partial charge in [-0.3, -0.25) is 4.79 Å². The van der Waals surface area contributed by atoms with Crippen molar-refractivity contribution in [1.82, 2.24) is 10.2 Å². The zero-order valence-electron chi connectivity index (χ0n) is 15.6. The minimum atomic E-state index is -0.161. The summed E-state index contributed by atoms with van der Waals surface area (Å²) in [4.78, 5) is 30.7. The van der Waals surface area contributed by atoms with Crippen LogP contribution < -0.4 is 15.1 Å². The average Bonchev–Trinajstić information content (AvgIpc) is 3.09. The number of nitrogens with zero attached hydrogens (tertiary/aromatic N) is 3. The molecule has 2 aliphatic heterocycles. The molecule has 2 aromatic carbocycles. The molecule has 1 N–H and O–H groups in total. The number of halogens is 1. The van der Waals surface area contributed by atoms with E-state index in [1.54, 1.807) is 4.90 Å². The largest absolute Gasteiger partial charge is 0.368 e. The van der Waals surface area contributed by atoms with Gasteiger partial charge in [-0.1, -0.05) is 35.9 Å².